The van der Waals surface area contributed by atoms with Crippen LogP contribution in [0.5, 0.6) is 5.75 Å². The van der Waals surface area contributed by atoms with E-state index >= 15 is 4.39 Å². The lowest BCUT2D eigenvalue weighted by Gasteiger charge is -2.16. The second-order valence-corrected chi connectivity index (χ2v) is 10.9. The molecule has 2 heteroatoms. The third-order valence-electron chi connectivity index (χ3n) is 8.96. The predicted molar refractivity (Wildman–Crippen MR) is 168 cm³/mol. The van der Waals surface area contributed by atoms with Crippen molar-refractivity contribution < 1.29 is 9.13 Å². The van der Waals surface area contributed by atoms with Gasteiger partial charge in [0.25, 0.3) is 0 Å². The van der Waals surface area contributed by atoms with Gasteiger partial charge in [0.1, 0.15) is 11.6 Å². The van der Waals surface area contributed by atoms with Gasteiger partial charge < -0.3 is 4.74 Å². The summed E-state index contributed by atoms with van der Waals surface area (Å²) in [6.07, 6.45) is 0. The van der Waals surface area contributed by atoms with Crippen molar-refractivity contribution in [1.82, 2.24) is 0 Å². The highest BCUT2D eigenvalue weighted by Crippen LogP contribution is 2.52. The maximum Gasteiger partial charge on any atom is 0.139 e. The highest BCUT2D eigenvalue weighted by molar-refractivity contribution is 6.20. The number of ether oxygens (including phenoxy) is 1. The molecule has 7 aromatic carbocycles. The number of benzene rings is 7. The minimum atomic E-state index is -0.238. The summed E-state index contributed by atoms with van der Waals surface area (Å²) in [6.45, 7) is 0. The molecule has 1 nitrogen and oxygen atoms in total. The second-order valence-electron chi connectivity index (χ2n) is 10.9. The first-order valence-corrected chi connectivity index (χ1v) is 13.9. The van der Waals surface area contributed by atoms with Crippen LogP contribution in [0.4, 0.5) is 4.39 Å². The molecule has 0 saturated carbocycles. The topological polar surface area (TPSA) is 9.23 Å². The van der Waals surface area contributed by atoms with Gasteiger partial charge in [-0.3, -0.25) is 0 Å². The van der Waals surface area contributed by atoms with Crippen LogP contribution in [0.3, 0.4) is 0 Å². The first-order valence-electron chi connectivity index (χ1n) is 13.9. The Morgan fingerprint density at radius 2 is 0.756 bits per heavy atom. The number of hydrogen-bond donors (Lipinski definition) is 0. The van der Waals surface area contributed by atoms with Crippen LogP contribution in [0.15, 0.2) is 121 Å². The van der Waals surface area contributed by atoms with Gasteiger partial charge in [-0.2, -0.15) is 0 Å². The summed E-state index contributed by atoms with van der Waals surface area (Å²) in [7, 11) is 1.65. The monoisotopic (exact) mass is 526 g/mol. The fourth-order valence-electron chi connectivity index (χ4n) is 7.19. The average molecular weight is 527 g/mol. The van der Waals surface area contributed by atoms with Gasteiger partial charge in [-0.1, -0.05) is 109 Å². The van der Waals surface area contributed by atoms with Crippen molar-refractivity contribution >= 4 is 21.5 Å². The SMILES string of the molecule is COc1cc(-c2ccc3c4c(cccc24)-c2ccccc2-3)c(F)c(-c2ccc3c4c(cccc24)-c2ccccc2-3)c1. The molecule has 0 bridgehead atoms. The molecule has 0 N–H and O–H groups in total. The highest BCUT2D eigenvalue weighted by atomic mass is 19.1. The summed E-state index contributed by atoms with van der Waals surface area (Å²) in [5, 5.41) is 4.45. The fraction of sp³-hybridized carbons (Fsp3) is 0.0256. The maximum absolute atomic E-state index is 16.9. The Labute approximate surface area is 237 Å². The largest absolute Gasteiger partial charge is 0.497 e. The summed E-state index contributed by atoms with van der Waals surface area (Å²) in [5.41, 5.74) is 12.5. The standard InChI is InChI=1S/C39H23FO/c1-41-22-20-35(27-16-18-33-25-10-4-2-8-23(25)29-12-6-14-31(27)37(29)33)39(40)36(21-22)28-17-19-34-26-11-5-3-9-24(26)30-13-7-15-32(28)38(30)34/h2-21H,1H3. The molecule has 2 aliphatic carbocycles. The molecule has 0 amide bonds. The summed E-state index contributed by atoms with van der Waals surface area (Å²) in [5.74, 6) is 0.396. The molecule has 9 rings (SSSR count). The third kappa shape index (κ3) is 2.94. The molecule has 192 valence electrons. The first-order chi connectivity index (χ1) is 20.2. The Morgan fingerprint density at radius 3 is 1.17 bits per heavy atom. The van der Waals surface area contributed by atoms with Crippen molar-refractivity contribution in [1.29, 1.82) is 0 Å². The highest BCUT2D eigenvalue weighted by Gasteiger charge is 2.26. The Morgan fingerprint density at radius 1 is 0.390 bits per heavy atom. The maximum atomic E-state index is 16.9. The first kappa shape index (κ1) is 22.6. The van der Waals surface area contributed by atoms with Crippen LogP contribution < -0.4 is 4.74 Å². The number of fused-ring (bicyclic) bond motifs is 6. The van der Waals surface area contributed by atoms with Crippen molar-refractivity contribution in [3.05, 3.63) is 127 Å². The molecule has 0 aliphatic heterocycles. The third-order valence-corrected chi connectivity index (χ3v) is 8.96. The van der Waals surface area contributed by atoms with Crippen LogP contribution in [0.2, 0.25) is 0 Å². The van der Waals surface area contributed by atoms with Crippen molar-refractivity contribution in [2.45, 2.75) is 0 Å². The van der Waals surface area contributed by atoms with Crippen LogP contribution in [0.25, 0.3) is 88.3 Å². The van der Waals surface area contributed by atoms with Gasteiger partial charge in [0.05, 0.1) is 7.11 Å². The van der Waals surface area contributed by atoms with Crippen LogP contribution in [-0.4, -0.2) is 7.11 Å². The zero-order valence-corrected chi connectivity index (χ0v) is 22.3. The van der Waals surface area contributed by atoms with Crippen molar-refractivity contribution in [2.75, 3.05) is 7.11 Å². The van der Waals surface area contributed by atoms with Gasteiger partial charge in [-0.15, -0.1) is 0 Å². The summed E-state index contributed by atoms with van der Waals surface area (Å²) in [4.78, 5) is 0. The molecule has 41 heavy (non-hydrogen) atoms. The molecular weight excluding hydrogens is 503 g/mol. The Bertz CT molecular complexity index is 2040. The van der Waals surface area contributed by atoms with Gasteiger partial charge >= 0.3 is 0 Å². The van der Waals surface area contributed by atoms with Gasteiger partial charge in [0.2, 0.25) is 0 Å². The summed E-state index contributed by atoms with van der Waals surface area (Å²) >= 11 is 0. The predicted octanol–water partition coefficient (Wildman–Crippen LogP) is 10.8. The zero-order valence-electron chi connectivity index (χ0n) is 22.3. The summed E-state index contributed by atoms with van der Waals surface area (Å²) in [6, 6.07) is 41.8. The molecule has 0 radical (unpaired) electrons. The van der Waals surface area contributed by atoms with E-state index in [1.165, 1.54) is 55.3 Å². The quantitative estimate of drug-likeness (QED) is 0.222. The number of hydrogen-bond acceptors (Lipinski definition) is 1. The van der Waals surface area contributed by atoms with Crippen LogP contribution in [0.1, 0.15) is 0 Å². The zero-order chi connectivity index (χ0) is 27.2. The molecule has 0 spiro atoms. The number of rotatable bonds is 3. The van der Waals surface area contributed by atoms with Crippen molar-refractivity contribution in [2.24, 2.45) is 0 Å². The minimum absolute atomic E-state index is 0.238. The van der Waals surface area contributed by atoms with E-state index in [1.54, 1.807) is 7.11 Å². The smallest absolute Gasteiger partial charge is 0.139 e. The van der Waals surface area contributed by atoms with E-state index in [4.69, 9.17) is 4.74 Å². The van der Waals surface area contributed by atoms with E-state index in [9.17, 15) is 0 Å². The van der Waals surface area contributed by atoms with E-state index in [2.05, 4.69) is 109 Å². The van der Waals surface area contributed by atoms with E-state index < -0.39 is 0 Å². The Balaban J connectivity index is 1.31. The molecule has 0 atom stereocenters. The average Bonchev–Trinajstić information content (AvgIpc) is 3.53. The number of methoxy groups -OCH3 is 1. The van der Waals surface area contributed by atoms with Gasteiger partial charge in [-0.05, 0) is 89.3 Å². The van der Waals surface area contributed by atoms with E-state index in [-0.39, 0.29) is 5.82 Å². The molecule has 0 aromatic heterocycles. The van der Waals surface area contributed by atoms with Crippen LogP contribution in [-0.2, 0) is 0 Å². The molecule has 0 heterocycles. The molecule has 0 saturated heterocycles. The van der Waals surface area contributed by atoms with Gasteiger partial charge in [-0.25, -0.2) is 4.39 Å². The molecule has 0 fully saturated rings. The van der Waals surface area contributed by atoms with Crippen LogP contribution in [0, 0.1) is 5.82 Å². The minimum Gasteiger partial charge on any atom is -0.497 e. The molecule has 2 aliphatic rings. The lowest BCUT2D eigenvalue weighted by molar-refractivity contribution is 0.414. The van der Waals surface area contributed by atoms with Crippen molar-refractivity contribution in [3.63, 3.8) is 0 Å². The van der Waals surface area contributed by atoms with Crippen LogP contribution >= 0.6 is 0 Å². The van der Waals surface area contributed by atoms with E-state index in [1.807, 2.05) is 12.1 Å². The lowest BCUT2D eigenvalue weighted by Crippen LogP contribution is -1.95. The Hall–Kier alpha value is -5.21. The normalized spacial score (nSPS) is 12.1. The van der Waals surface area contributed by atoms with Crippen molar-refractivity contribution in [3.8, 4) is 72.5 Å². The Kier molecular flexibility index (Phi) is 4.49. The van der Waals surface area contributed by atoms with E-state index in [0.29, 0.717) is 16.9 Å². The van der Waals surface area contributed by atoms with Gasteiger partial charge in [0, 0.05) is 11.1 Å². The number of halogens is 1. The van der Waals surface area contributed by atoms with E-state index in [0.717, 1.165) is 21.9 Å². The second kappa shape index (κ2) is 8.16. The molecular formula is C39H23FO. The fourth-order valence-corrected chi connectivity index (χ4v) is 7.19. The molecule has 0 unspecified atom stereocenters. The van der Waals surface area contributed by atoms with Gasteiger partial charge in [0.15, 0.2) is 0 Å². The summed E-state index contributed by atoms with van der Waals surface area (Å²) < 4.78 is 22.7. The lowest BCUT2D eigenvalue weighted by atomic mass is 9.89. The molecule has 7 aromatic rings.